The van der Waals surface area contributed by atoms with E-state index in [2.05, 4.69) is 10.9 Å². The number of aliphatic hydroxyl groups is 1. The Morgan fingerprint density at radius 2 is 2.14 bits per heavy atom. The van der Waals surface area contributed by atoms with E-state index >= 15 is 0 Å². The minimum atomic E-state index is -1.39. The number of thioether (sulfide) groups is 1. The Hall–Kier alpha value is -1.28. The number of nitrogens with one attached hydrogen (secondary N) is 2. The van der Waals surface area contributed by atoms with Gasteiger partial charge < -0.3 is 10.8 Å². The zero-order valence-electron chi connectivity index (χ0n) is 12.2. The largest absolute Gasteiger partial charge is 0.382 e. The summed E-state index contributed by atoms with van der Waals surface area (Å²) < 4.78 is 0. The van der Waals surface area contributed by atoms with E-state index in [1.807, 2.05) is 6.92 Å². The summed E-state index contributed by atoms with van der Waals surface area (Å²) in [6.45, 7) is 2.03. The summed E-state index contributed by atoms with van der Waals surface area (Å²) in [7, 11) is 0. The third kappa shape index (κ3) is 6.23. The van der Waals surface area contributed by atoms with Gasteiger partial charge in [-0.25, -0.2) is 0 Å². The third-order valence-electron chi connectivity index (χ3n) is 2.72. The van der Waals surface area contributed by atoms with E-state index in [9.17, 15) is 14.7 Å². The molecule has 5 N–H and O–H groups in total. The van der Waals surface area contributed by atoms with Crippen molar-refractivity contribution in [1.29, 1.82) is 0 Å². The maximum Gasteiger partial charge on any atom is 0.269 e. The van der Waals surface area contributed by atoms with E-state index in [1.54, 1.807) is 30.0 Å². The van der Waals surface area contributed by atoms with Gasteiger partial charge in [-0.15, -0.1) is 0 Å². The molecule has 0 bridgehead atoms. The van der Waals surface area contributed by atoms with E-state index in [0.717, 1.165) is 12.2 Å². The van der Waals surface area contributed by atoms with E-state index in [4.69, 9.17) is 17.3 Å². The van der Waals surface area contributed by atoms with Gasteiger partial charge in [0.15, 0.2) is 0 Å². The number of aliphatic hydroxyl groups excluding tert-OH is 1. The molecule has 0 radical (unpaired) electrons. The normalized spacial score (nSPS) is 13.3. The number of carbonyl (C=O) groups excluding carboxylic acids is 2. The van der Waals surface area contributed by atoms with Gasteiger partial charge in [-0.05, 0) is 30.4 Å². The fraction of sp³-hybridized carbons (Fsp3) is 0.429. The van der Waals surface area contributed by atoms with Crippen molar-refractivity contribution in [2.75, 3.05) is 11.5 Å². The molecule has 0 saturated heterocycles. The van der Waals surface area contributed by atoms with Gasteiger partial charge in [-0.1, -0.05) is 24.6 Å². The fourth-order valence-corrected chi connectivity index (χ4v) is 2.64. The highest BCUT2D eigenvalue weighted by Gasteiger charge is 2.23. The lowest BCUT2D eigenvalue weighted by Crippen LogP contribution is -2.52. The quantitative estimate of drug-likeness (QED) is 0.435. The molecule has 1 aromatic carbocycles. The first-order valence-corrected chi connectivity index (χ1v) is 8.36. The number of amides is 2. The smallest absolute Gasteiger partial charge is 0.269 e. The Bertz CT molecular complexity index is 516. The number of carbonyl (C=O) groups is 2. The van der Waals surface area contributed by atoms with Crippen molar-refractivity contribution in [1.82, 2.24) is 10.9 Å². The van der Waals surface area contributed by atoms with Gasteiger partial charge in [-0.3, -0.25) is 20.4 Å². The Morgan fingerprint density at radius 3 is 2.77 bits per heavy atom. The van der Waals surface area contributed by atoms with Crippen molar-refractivity contribution < 1.29 is 14.7 Å². The summed E-state index contributed by atoms with van der Waals surface area (Å²) in [6.07, 6.45) is -0.390. The molecule has 1 rings (SSSR count). The van der Waals surface area contributed by atoms with Crippen molar-refractivity contribution in [3.63, 3.8) is 0 Å². The second-order valence-corrected chi connectivity index (χ2v) is 6.22. The molecule has 2 amide bonds. The maximum absolute atomic E-state index is 11.8. The monoisotopic (exact) mass is 345 g/mol. The predicted molar refractivity (Wildman–Crippen MR) is 88.7 cm³/mol. The number of nitrogens with two attached hydrogens (primary N) is 1. The standard InChI is InChI=1S/C14H20ClN3O3S/c1-2-6-22-8-11(16)12(19)14(21)18-17-13(20)9-4-3-5-10(15)7-9/h3-5,7,11-12,19H,2,6,8,16H2,1H3,(H,17,20)(H,18,21)/t11-,12?/m1/s1. The first-order valence-electron chi connectivity index (χ1n) is 6.82. The molecule has 0 saturated carbocycles. The Morgan fingerprint density at radius 1 is 1.41 bits per heavy atom. The second-order valence-electron chi connectivity index (χ2n) is 4.64. The summed E-state index contributed by atoms with van der Waals surface area (Å²) in [6, 6.07) is 5.58. The first-order chi connectivity index (χ1) is 10.5. The molecule has 0 aliphatic heterocycles. The SMILES string of the molecule is CCCSC[C@@H](N)C(O)C(=O)NNC(=O)c1cccc(Cl)c1. The van der Waals surface area contributed by atoms with Crippen LogP contribution in [0.3, 0.4) is 0 Å². The molecular weight excluding hydrogens is 326 g/mol. The summed E-state index contributed by atoms with van der Waals surface area (Å²) in [5.74, 6) is 0.0926. The van der Waals surface area contributed by atoms with Crippen LogP contribution in [0.1, 0.15) is 23.7 Å². The predicted octanol–water partition coefficient (Wildman–Crippen LogP) is 0.932. The van der Waals surface area contributed by atoms with Crippen LogP contribution in [0, 0.1) is 0 Å². The van der Waals surface area contributed by atoms with E-state index in [-0.39, 0.29) is 0 Å². The summed E-state index contributed by atoms with van der Waals surface area (Å²) >= 11 is 7.34. The molecule has 122 valence electrons. The van der Waals surface area contributed by atoms with Crippen LogP contribution in [0.5, 0.6) is 0 Å². The van der Waals surface area contributed by atoms with Gasteiger partial charge in [0, 0.05) is 22.4 Å². The van der Waals surface area contributed by atoms with Crippen LogP contribution in [-0.2, 0) is 4.79 Å². The molecular formula is C14H20ClN3O3S. The highest BCUT2D eigenvalue weighted by molar-refractivity contribution is 7.99. The highest BCUT2D eigenvalue weighted by atomic mass is 35.5. The Balaban J connectivity index is 2.42. The van der Waals surface area contributed by atoms with Gasteiger partial charge in [0.2, 0.25) is 0 Å². The summed E-state index contributed by atoms with van der Waals surface area (Å²) in [5.41, 5.74) is 10.4. The second kappa shape index (κ2) is 9.68. The summed E-state index contributed by atoms with van der Waals surface area (Å²) in [5, 5.41) is 10.2. The lowest BCUT2D eigenvalue weighted by molar-refractivity contribution is -0.130. The Kier molecular flexibility index (Phi) is 8.26. The third-order valence-corrected chi connectivity index (χ3v) is 4.27. The number of halogens is 1. The van der Waals surface area contributed by atoms with Crippen molar-refractivity contribution in [2.24, 2.45) is 5.73 Å². The van der Waals surface area contributed by atoms with Crippen molar-refractivity contribution in [2.45, 2.75) is 25.5 Å². The fourth-order valence-electron chi connectivity index (χ4n) is 1.54. The molecule has 0 aromatic heterocycles. The van der Waals surface area contributed by atoms with Crippen molar-refractivity contribution in [3.05, 3.63) is 34.9 Å². The lowest BCUT2D eigenvalue weighted by Gasteiger charge is -2.18. The van der Waals surface area contributed by atoms with Crippen LogP contribution < -0.4 is 16.6 Å². The van der Waals surface area contributed by atoms with E-state index < -0.39 is 24.0 Å². The van der Waals surface area contributed by atoms with Gasteiger partial charge in [0.05, 0.1) is 0 Å². The van der Waals surface area contributed by atoms with E-state index in [1.165, 1.54) is 6.07 Å². The summed E-state index contributed by atoms with van der Waals surface area (Å²) in [4.78, 5) is 23.5. The highest BCUT2D eigenvalue weighted by Crippen LogP contribution is 2.10. The zero-order chi connectivity index (χ0) is 16.5. The number of benzene rings is 1. The maximum atomic E-state index is 11.8. The molecule has 2 atom stereocenters. The number of hydrogen-bond acceptors (Lipinski definition) is 5. The van der Waals surface area contributed by atoms with Gasteiger partial charge in [0.25, 0.3) is 11.8 Å². The van der Waals surface area contributed by atoms with Crippen LogP contribution in [0.15, 0.2) is 24.3 Å². The number of hydrazine groups is 1. The van der Waals surface area contributed by atoms with Crippen molar-refractivity contribution in [3.8, 4) is 0 Å². The number of hydrogen-bond donors (Lipinski definition) is 4. The minimum Gasteiger partial charge on any atom is -0.382 e. The van der Waals surface area contributed by atoms with Gasteiger partial charge in [0.1, 0.15) is 6.10 Å². The average Bonchev–Trinajstić information content (AvgIpc) is 2.51. The zero-order valence-corrected chi connectivity index (χ0v) is 13.8. The molecule has 0 fully saturated rings. The molecule has 0 aliphatic rings. The van der Waals surface area contributed by atoms with Crippen LogP contribution in [-0.4, -0.2) is 40.6 Å². The molecule has 0 aliphatic carbocycles. The van der Waals surface area contributed by atoms with E-state index in [0.29, 0.717) is 16.3 Å². The molecule has 8 heteroatoms. The van der Waals surface area contributed by atoms with Crippen LogP contribution in [0.2, 0.25) is 5.02 Å². The number of rotatable bonds is 7. The van der Waals surface area contributed by atoms with Gasteiger partial charge in [-0.2, -0.15) is 11.8 Å². The molecule has 22 heavy (non-hydrogen) atoms. The molecule has 0 heterocycles. The van der Waals surface area contributed by atoms with Crippen molar-refractivity contribution >= 4 is 35.2 Å². The topological polar surface area (TPSA) is 104 Å². The molecule has 1 unspecified atom stereocenters. The molecule has 1 aromatic rings. The average molecular weight is 346 g/mol. The van der Waals surface area contributed by atoms with Crippen LogP contribution >= 0.6 is 23.4 Å². The lowest BCUT2D eigenvalue weighted by atomic mass is 10.2. The van der Waals surface area contributed by atoms with Crippen LogP contribution in [0.4, 0.5) is 0 Å². The molecule has 6 nitrogen and oxygen atoms in total. The first kappa shape index (κ1) is 18.8. The molecule has 0 spiro atoms. The minimum absolute atomic E-state index is 0.296. The van der Waals surface area contributed by atoms with Crippen LogP contribution in [0.25, 0.3) is 0 Å². The van der Waals surface area contributed by atoms with Gasteiger partial charge >= 0.3 is 0 Å². The Labute approximate surface area is 138 Å².